The van der Waals surface area contributed by atoms with Crippen molar-refractivity contribution in [1.82, 2.24) is 5.32 Å². The lowest BCUT2D eigenvalue weighted by Crippen LogP contribution is -2.32. The molecule has 0 fully saturated rings. The lowest BCUT2D eigenvalue weighted by atomic mass is 10.00. The number of carboxylic acids is 1. The maximum atomic E-state index is 11.6. The summed E-state index contributed by atoms with van der Waals surface area (Å²) in [4.78, 5) is 22.4. The monoisotopic (exact) mass is 293 g/mol. The van der Waals surface area contributed by atoms with Crippen LogP contribution >= 0.6 is 0 Å². The van der Waals surface area contributed by atoms with Gasteiger partial charge in [0.05, 0.1) is 5.92 Å². The van der Waals surface area contributed by atoms with Gasteiger partial charge in [0.25, 0.3) is 0 Å². The van der Waals surface area contributed by atoms with Gasteiger partial charge in [-0.15, -0.1) is 0 Å². The van der Waals surface area contributed by atoms with Gasteiger partial charge >= 0.3 is 12.1 Å². The molecule has 0 saturated carbocycles. The van der Waals surface area contributed by atoms with Crippen LogP contribution in [0.4, 0.5) is 4.79 Å². The van der Waals surface area contributed by atoms with Crippen LogP contribution in [0.2, 0.25) is 0 Å². The first-order chi connectivity index (χ1) is 9.67. The minimum absolute atomic E-state index is 0.351. The number of benzene rings is 1. The molecule has 0 aliphatic rings. The third kappa shape index (κ3) is 6.79. The van der Waals surface area contributed by atoms with E-state index in [1.165, 1.54) is 0 Å². The van der Waals surface area contributed by atoms with Crippen LogP contribution < -0.4 is 5.32 Å². The van der Waals surface area contributed by atoms with Crippen molar-refractivity contribution in [3.8, 4) is 0 Å². The topological polar surface area (TPSA) is 75.6 Å². The molecule has 0 heterocycles. The van der Waals surface area contributed by atoms with Gasteiger partial charge in [-0.2, -0.15) is 0 Å². The van der Waals surface area contributed by atoms with Crippen LogP contribution in [0.25, 0.3) is 0 Å². The Kier molecular flexibility index (Phi) is 5.76. The Balaban J connectivity index is 2.57. The molecule has 0 saturated heterocycles. The number of carbonyl (C=O) groups excluding carboxylic acids is 1. The zero-order chi connectivity index (χ0) is 16.0. The minimum atomic E-state index is -0.813. The summed E-state index contributed by atoms with van der Waals surface area (Å²) in [6, 6.07) is 7.52. The Morgan fingerprint density at radius 1 is 1.29 bits per heavy atom. The first-order valence-corrected chi connectivity index (χ1v) is 6.95. The molecule has 0 unspecified atom stereocenters. The number of aliphatic carboxylic acids is 1. The highest BCUT2D eigenvalue weighted by Crippen LogP contribution is 2.12. The van der Waals surface area contributed by atoms with Gasteiger partial charge in [-0.05, 0) is 38.3 Å². The van der Waals surface area contributed by atoms with Gasteiger partial charge in [-0.25, -0.2) is 4.79 Å². The van der Waals surface area contributed by atoms with E-state index in [-0.39, 0.29) is 0 Å². The fourth-order valence-corrected chi connectivity index (χ4v) is 1.80. The zero-order valence-corrected chi connectivity index (χ0v) is 13.0. The number of ether oxygens (including phenoxy) is 1. The normalized spacial score (nSPS) is 12.6. The lowest BCUT2D eigenvalue weighted by Gasteiger charge is -2.19. The van der Waals surface area contributed by atoms with Crippen LogP contribution in [0.3, 0.4) is 0 Å². The molecule has 1 aromatic carbocycles. The molecule has 5 nitrogen and oxygen atoms in total. The van der Waals surface area contributed by atoms with Crippen molar-refractivity contribution < 1.29 is 19.4 Å². The van der Waals surface area contributed by atoms with Crippen LogP contribution in [0, 0.1) is 5.92 Å². The highest BCUT2D eigenvalue weighted by molar-refractivity contribution is 5.70. The van der Waals surface area contributed by atoms with Crippen molar-refractivity contribution in [2.75, 3.05) is 0 Å². The quantitative estimate of drug-likeness (QED) is 0.875. The summed E-state index contributed by atoms with van der Waals surface area (Å²) in [6.07, 6.45) is 0.00195. The predicted molar refractivity (Wildman–Crippen MR) is 80.0 cm³/mol. The molecular weight excluding hydrogens is 270 g/mol. The van der Waals surface area contributed by atoms with E-state index >= 15 is 0 Å². The van der Waals surface area contributed by atoms with E-state index in [0.717, 1.165) is 11.1 Å². The minimum Gasteiger partial charge on any atom is -0.481 e. The molecule has 0 aliphatic heterocycles. The molecule has 1 atom stereocenters. The number of carbonyl (C=O) groups is 2. The molecule has 2 N–H and O–H groups in total. The number of hydrogen-bond acceptors (Lipinski definition) is 3. The second kappa shape index (κ2) is 7.11. The maximum absolute atomic E-state index is 11.6. The molecule has 1 rings (SSSR count). The van der Waals surface area contributed by atoms with E-state index in [4.69, 9.17) is 9.84 Å². The van der Waals surface area contributed by atoms with E-state index in [2.05, 4.69) is 5.32 Å². The van der Waals surface area contributed by atoms with E-state index in [1.54, 1.807) is 27.7 Å². The molecule has 1 amide bonds. The predicted octanol–water partition coefficient (Wildman–Crippen LogP) is 2.97. The SMILES string of the molecule is C[C@@H](Cc1cccc(CNC(=O)OC(C)(C)C)c1)C(=O)O. The summed E-state index contributed by atoms with van der Waals surface area (Å²) in [5.41, 5.74) is 1.33. The number of hydrogen-bond donors (Lipinski definition) is 2. The fraction of sp³-hybridized carbons (Fsp3) is 0.500. The molecule has 1 aromatic rings. The summed E-state index contributed by atoms with van der Waals surface area (Å²) in [5.74, 6) is -1.24. The molecule has 0 bridgehead atoms. The van der Waals surface area contributed by atoms with E-state index < -0.39 is 23.6 Å². The molecule has 0 spiro atoms. The Hall–Kier alpha value is -2.04. The van der Waals surface area contributed by atoms with Gasteiger partial charge in [0.1, 0.15) is 5.60 Å². The molecule has 5 heteroatoms. The summed E-state index contributed by atoms with van der Waals surface area (Å²) < 4.78 is 5.16. The Morgan fingerprint density at radius 2 is 1.90 bits per heavy atom. The zero-order valence-electron chi connectivity index (χ0n) is 13.0. The molecule has 0 radical (unpaired) electrons. The Morgan fingerprint density at radius 3 is 2.48 bits per heavy atom. The van der Waals surface area contributed by atoms with Gasteiger partial charge in [0.15, 0.2) is 0 Å². The summed E-state index contributed by atoms with van der Waals surface area (Å²) >= 11 is 0. The van der Waals surface area contributed by atoms with Crippen molar-refractivity contribution in [1.29, 1.82) is 0 Å². The van der Waals surface area contributed by atoms with E-state index in [9.17, 15) is 9.59 Å². The van der Waals surface area contributed by atoms with Gasteiger partial charge in [-0.3, -0.25) is 4.79 Å². The van der Waals surface area contributed by atoms with Crippen LogP contribution in [0.5, 0.6) is 0 Å². The maximum Gasteiger partial charge on any atom is 0.407 e. The summed E-state index contributed by atoms with van der Waals surface area (Å²) in [5, 5.41) is 11.6. The van der Waals surface area contributed by atoms with Crippen molar-refractivity contribution in [3.05, 3.63) is 35.4 Å². The Bertz CT molecular complexity index is 505. The van der Waals surface area contributed by atoms with Crippen molar-refractivity contribution >= 4 is 12.1 Å². The molecule has 0 aromatic heterocycles. The van der Waals surface area contributed by atoms with E-state index in [0.29, 0.717) is 13.0 Å². The lowest BCUT2D eigenvalue weighted by molar-refractivity contribution is -0.141. The van der Waals surface area contributed by atoms with Crippen LogP contribution in [0.15, 0.2) is 24.3 Å². The first kappa shape index (κ1) is 17.0. The van der Waals surface area contributed by atoms with Crippen LogP contribution in [-0.2, 0) is 22.5 Å². The van der Waals surface area contributed by atoms with Gasteiger partial charge in [0.2, 0.25) is 0 Å². The summed E-state index contributed by atoms with van der Waals surface area (Å²) in [6.45, 7) is 7.44. The van der Waals surface area contributed by atoms with E-state index in [1.807, 2.05) is 24.3 Å². The third-order valence-electron chi connectivity index (χ3n) is 2.79. The van der Waals surface area contributed by atoms with Gasteiger partial charge in [-0.1, -0.05) is 31.2 Å². The fourth-order valence-electron chi connectivity index (χ4n) is 1.80. The first-order valence-electron chi connectivity index (χ1n) is 6.95. The van der Waals surface area contributed by atoms with Crippen molar-refractivity contribution in [2.24, 2.45) is 5.92 Å². The Labute approximate surface area is 125 Å². The van der Waals surface area contributed by atoms with Crippen LogP contribution in [-0.4, -0.2) is 22.8 Å². The summed E-state index contributed by atoms with van der Waals surface area (Å²) in [7, 11) is 0. The van der Waals surface area contributed by atoms with Crippen molar-refractivity contribution in [2.45, 2.75) is 46.3 Å². The van der Waals surface area contributed by atoms with Gasteiger partial charge < -0.3 is 15.2 Å². The second-order valence-electron chi connectivity index (χ2n) is 6.12. The molecular formula is C16H23NO4. The van der Waals surface area contributed by atoms with Crippen molar-refractivity contribution in [3.63, 3.8) is 0 Å². The average Bonchev–Trinajstić information content (AvgIpc) is 2.34. The molecule has 21 heavy (non-hydrogen) atoms. The second-order valence-corrected chi connectivity index (χ2v) is 6.12. The smallest absolute Gasteiger partial charge is 0.407 e. The number of alkyl carbamates (subject to hydrolysis) is 1. The number of nitrogens with one attached hydrogen (secondary N) is 1. The average molecular weight is 293 g/mol. The largest absolute Gasteiger partial charge is 0.481 e. The van der Waals surface area contributed by atoms with Crippen LogP contribution in [0.1, 0.15) is 38.8 Å². The standard InChI is InChI=1S/C16H23NO4/c1-11(14(18)19)8-12-6-5-7-13(9-12)10-17-15(20)21-16(2,3)4/h5-7,9,11H,8,10H2,1-4H3,(H,17,20)(H,18,19)/t11-/m0/s1. The number of carboxylic acid groups (broad SMARTS) is 1. The number of rotatable bonds is 5. The molecule has 0 aliphatic carbocycles. The number of amides is 1. The third-order valence-corrected chi connectivity index (χ3v) is 2.79. The highest BCUT2D eigenvalue weighted by Gasteiger charge is 2.16. The highest BCUT2D eigenvalue weighted by atomic mass is 16.6. The molecule has 116 valence electrons. The van der Waals surface area contributed by atoms with Gasteiger partial charge in [0, 0.05) is 6.54 Å².